The lowest BCUT2D eigenvalue weighted by atomic mass is 10.0. The van der Waals surface area contributed by atoms with Crippen molar-refractivity contribution in [3.05, 3.63) is 88.1 Å². The van der Waals surface area contributed by atoms with E-state index in [2.05, 4.69) is 10.2 Å². The fourth-order valence-corrected chi connectivity index (χ4v) is 5.42. The number of nitrogens with one attached hydrogen (secondary N) is 1. The van der Waals surface area contributed by atoms with Crippen molar-refractivity contribution in [2.24, 2.45) is 5.73 Å². The van der Waals surface area contributed by atoms with Gasteiger partial charge in [-0.3, -0.25) is 10.5 Å². The lowest BCUT2D eigenvalue weighted by Crippen LogP contribution is -2.52. The van der Waals surface area contributed by atoms with Crippen LogP contribution in [0.15, 0.2) is 54.8 Å². The topological polar surface area (TPSA) is 70.8 Å². The third kappa shape index (κ3) is 5.72. The summed E-state index contributed by atoms with van der Waals surface area (Å²) in [6.07, 6.45) is 9.60. The van der Waals surface area contributed by atoms with Crippen molar-refractivity contribution in [2.45, 2.75) is 44.2 Å². The zero-order valence-electron chi connectivity index (χ0n) is 20.6. The van der Waals surface area contributed by atoms with Gasteiger partial charge in [-0.05, 0) is 80.3 Å². The number of dihydropyridines is 1. The minimum atomic E-state index is -1.43. The molecule has 2 aromatic rings. The van der Waals surface area contributed by atoms with E-state index < -0.39 is 17.5 Å². The van der Waals surface area contributed by atoms with Gasteiger partial charge in [0.05, 0.1) is 11.6 Å². The standard InChI is InChI=1S/C28H31ClF2N4O2/c29-26-23(24(30)8-9-25(26)31)18-37-28(32)11-10-21(16-33-28)19-5-3-6-20(15-19)27(36)35-14-4-7-22(35)17-34-12-1-2-13-34/h3,5-6,8-11,15-16,22,33H,1-2,4,7,12-14,17-18,32H2/t22-,28?/m0/s1. The van der Waals surface area contributed by atoms with Gasteiger partial charge >= 0.3 is 0 Å². The third-order valence-electron chi connectivity index (χ3n) is 7.31. The van der Waals surface area contributed by atoms with Crippen LogP contribution in [0.3, 0.4) is 0 Å². The molecule has 0 aromatic heterocycles. The molecular weight excluding hydrogens is 498 g/mol. The molecule has 196 valence electrons. The Balaban J connectivity index is 1.24. The SMILES string of the molecule is NC1(OCc2c(F)ccc(F)c2Cl)C=CC(c2cccc(C(=O)N3CCC[C@H]3CN3CCCC3)c2)=CN1. The third-order valence-corrected chi connectivity index (χ3v) is 7.72. The highest BCUT2D eigenvalue weighted by Crippen LogP contribution is 2.28. The lowest BCUT2D eigenvalue weighted by molar-refractivity contribution is -0.0329. The molecule has 0 spiro atoms. The van der Waals surface area contributed by atoms with Crippen molar-refractivity contribution in [1.82, 2.24) is 15.1 Å². The van der Waals surface area contributed by atoms with E-state index in [1.165, 1.54) is 12.8 Å². The quantitative estimate of drug-likeness (QED) is 0.404. The summed E-state index contributed by atoms with van der Waals surface area (Å²) in [5, 5.41) is 2.63. The van der Waals surface area contributed by atoms with Gasteiger partial charge in [-0.1, -0.05) is 29.8 Å². The second kappa shape index (κ2) is 10.9. The number of hydrogen-bond donors (Lipinski definition) is 2. The molecule has 37 heavy (non-hydrogen) atoms. The number of rotatable bonds is 7. The first-order valence-electron chi connectivity index (χ1n) is 12.7. The van der Waals surface area contributed by atoms with Crippen molar-refractivity contribution >= 4 is 23.1 Å². The highest BCUT2D eigenvalue weighted by atomic mass is 35.5. The molecule has 2 atom stereocenters. The number of amides is 1. The molecule has 0 saturated carbocycles. The summed E-state index contributed by atoms with van der Waals surface area (Å²) in [7, 11) is 0. The molecule has 6 nitrogen and oxygen atoms in total. The molecule has 0 aliphatic carbocycles. The summed E-state index contributed by atoms with van der Waals surface area (Å²) < 4.78 is 33.4. The van der Waals surface area contributed by atoms with Crippen molar-refractivity contribution < 1.29 is 18.3 Å². The number of nitrogens with zero attached hydrogens (tertiary/aromatic N) is 2. The maximum absolute atomic E-state index is 14.1. The first-order chi connectivity index (χ1) is 17.8. The lowest BCUT2D eigenvalue weighted by Gasteiger charge is -2.30. The number of hydrogen-bond acceptors (Lipinski definition) is 5. The summed E-state index contributed by atoms with van der Waals surface area (Å²) in [5.74, 6) is -2.78. The Kier molecular flexibility index (Phi) is 7.62. The van der Waals surface area contributed by atoms with Gasteiger partial charge in [0.15, 0.2) is 0 Å². The van der Waals surface area contributed by atoms with Crippen molar-refractivity contribution in [3.8, 4) is 0 Å². The number of allylic oxidation sites excluding steroid dienone is 2. The molecule has 1 unspecified atom stereocenters. The van der Waals surface area contributed by atoms with Crippen LogP contribution in [-0.4, -0.2) is 53.8 Å². The van der Waals surface area contributed by atoms with Gasteiger partial charge in [0.2, 0.25) is 5.85 Å². The maximum Gasteiger partial charge on any atom is 0.254 e. The van der Waals surface area contributed by atoms with E-state index in [1.54, 1.807) is 18.4 Å². The number of benzene rings is 2. The van der Waals surface area contributed by atoms with Gasteiger partial charge < -0.3 is 19.9 Å². The molecule has 0 radical (unpaired) electrons. The van der Waals surface area contributed by atoms with Crippen LogP contribution in [0.2, 0.25) is 5.02 Å². The Labute approximate surface area is 220 Å². The summed E-state index contributed by atoms with van der Waals surface area (Å²) in [6, 6.07) is 9.75. The van der Waals surface area contributed by atoms with Crippen molar-refractivity contribution in [2.75, 3.05) is 26.2 Å². The fourth-order valence-electron chi connectivity index (χ4n) is 5.22. The van der Waals surface area contributed by atoms with E-state index in [4.69, 9.17) is 22.1 Å². The van der Waals surface area contributed by atoms with Crippen LogP contribution in [-0.2, 0) is 11.3 Å². The molecule has 3 N–H and O–H groups in total. The number of nitrogens with two attached hydrogens (primary N) is 1. The first kappa shape index (κ1) is 25.9. The molecular formula is C28H31ClF2N4O2. The van der Waals surface area contributed by atoms with Crippen LogP contribution >= 0.6 is 11.6 Å². The van der Waals surface area contributed by atoms with E-state index in [0.717, 1.165) is 62.3 Å². The molecule has 3 heterocycles. The monoisotopic (exact) mass is 528 g/mol. The smallest absolute Gasteiger partial charge is 0.254 e. The maximum atomic E-state index is 14.1. The van der Waals surface area contributed by atoms with E-state index in [-0.39, 0.29) is 29.1 Å². The Bertz CT molecular complexity index is 1230. The molecule has 2 aromatic carbocycles. The highest BCUT2D eigenvalue weighted by Gasteiger charge is 2.32. The molecule has 2 saturated heterocycles. The average Bonchev–Trinajstić information content (AvgIpc) is 3.59. The summed E-state index contributed by atoms with van der Waals surface area (Å²) in [5.41, 5.74) is 8.45. The molecule has 1 amide bonds. The van der Waals surface area contributed by atoms with Gasteiger partial charge in [0.1, 0.15) is 11.6 Å². The van der Waals surface area contributed by atoms with Crippen LogP contribution < -0.4 is 11.1 Å². The van der Waals surface area contributed by atoms with Gasteiger partial charge in [-0.2, -0.15) is 0 Å². The fraction of sp³-hybridized carbons (Fsp3) is 0.393. The number of ether oxygens (including phenoxy) is 1. The predicted molar refractivity (Wildman–Crippen MR) is 140 cm³/mol. The number of likely N-dealkylation sites (tertiary alicyclic amines) is 2. The normalized spacial score (nSPS) is 23.8. The summed E-state index contributed by atoms with van der Waals surface area (Å²) >= 11 is 5.88. The Morgan fingerprint density at radius 2 is 1.92 bits per heavy atom. The molecule has 3 aliphatic rings. The zero-order valence-corrected chi connectivity index (χ0v) is 21.3. The largest absolute Gasteiger partial charge is 0.348 e. The molecule has 9 heteroatoms. The number of carbonyl (C=O) groups is 1. The first-order valence-corrected chi connectivity index (χ1v) is 13.1. The number of carbonyl (C=O) groups excluding carboxylic acids is 1. The van der Waals surface area contributed by atoms with Gasteiger partial charge in [-0.15, -0.1) is 0 Å². The number of halogens is 3. The molecule has 5 rings (SSSR count). The van der Waals surface area contributed by atoms with Crippen LogP contribution in [0.4, 0.5) is 8.78 Å². The molecule has 3 aliphatic heterocycles. The van der Waals surface area contributed by atoms with Crippen molar-refractivity contribution in [3.63, 3.8) is 0 Å². The minimum Gasteiger partial charge on any atom is -0.348 e. The van der Waals surface area contributed by atoms with Crippen molar-refractivity contribution in [1.29, 1.82) is 0 Å². The van der Waals surface area contributed by atoms with Crippen LogP contribution in [0, 0.1) is 11.6 Å². The van der Waals surface area contributed by atoms with Crippen LogP contribution in [0.1, 0.15) is 47.2 Å². The average molecular weight is 529 g/mol. The van der Waals surface area contributed by atoms with E-state index in [1.807, 2.05) is 29.2 Å². The van der Waals surface area contributed by atoms with E-state index >= 15 is 0 Å². The molecule has 2 fully saturated rings. The highest BCUT2D eigenvalue weighted by molar-refractivity contribution is 6.31. The minimum absolute atomic E-state index is 0.0578. The Morgan fingerprint density at radius 3 is 2.68 bits per heavy atom. The second-order valence-electron chi connectivity index (χ2n) is 9.86. The summed E-state index contributed by atoms with van der Waals surface area (Å²) in [6.45, 7) is 3.66. The van der Waals surface area contributed by atoms with Gasteiger partial charge in [-0.25, -0.2) is 8.78 Å². The second-order valence-corrected chi connectivity index (χ2v) is 10.2. The van der Waals surface area contributed by atoms with E-state index in [0.29, 0.717) is 5.56 Å². The van der Waals surface area contributed by atoms with Crippen LogP contribution in [0.5, 0.6) is 0 Å². The summed E-state index contributed by atoms with van der Waals surface area (Å²) in [4.78, 5) is 17.9. The van der Waals surface area contributed by atoms with Gasteiger partial charge in [0.25, 0.3) is 5.91 Å². The molecule has 0 bridgehead atoms. The van der Waals surface area contributed by atoms with E-state index in [9.17, 15) is 13.6 Å². The van der Waals surface area contributed by atoms with Crippen LogP contribution in [0.25, 0.3) is 5.57 Å². The Hall–Kier alpha value is -2.78. The predicted octanol–water partition coefficient (Wildman–Crippen LogP) is 4.65. The Morgan fingerprint density at radius 1 is 1.14 bits per heavy atom. The zero-order chi connectivity index (χ0) is 26.0. The van der Waals surface area contributed by atoms with Gasteiger partial charge in [0, 0.05) is 36.5 Å².